The van der Waals surface area contributed by atoms with E-state index in [1.165, 1.54) is 18.2 Å². The molecule has 1 aromatic carbocycles. The van der Waals surface area contributed by atoms with Crippen LogP contribution >= 0.6 is 0 Å². The SMILES string of the molecule is CC(C)(N)Cc1cc(O)ccc1F. The molecule has 0 saturated heterocycles. The molecule has 3 heteroatoms. The van der Waals surface area contributed by atoms with Crippen molar-refractivity contribution >= 4 is 0 Å². The molecule has 0 atom stereocenters. The number of nitrogens with two attached hydrogens (primary N) is 1. The number of phenols is 1. The molecule has 0 saturated carbocycles. The van der Waals surface area contributed by atoms with Crippen LogP contribution in [0.15, 0.2) is 18.2 Å². The van der Waals surface area contributed by atoms with Crippen molar-refractivity contribution in [2.45, 2.75) is 25.8 Å². The van der Waals surface area contributed by atoms with Gasteiger partial charge in [-0.15, -0.1) is 0 Å². The van der Waals surface area contributed by atoms with Crippen LogP contribution in [-0.2, 0) is 6.42 Å². The van der Waals surface area contributed by atoms with Crippen LogP contribution in [0.5, 0.6) is 5.75 Å². The number of halogens is 1. The van der Waals surface area contributed by atoms with Gasteiger partial charge in [0, 0.05) is 5.54 Å². The van der Waals surface area contributed by atoms with Crippen LogP contribution in [-0.4, -0.2) is 10.6 Å². The quantitative estimate of drug-likeness (QED) is 0.734. The van der Waals surface area contributed by atoms with Crippen molar-refractivity contribution in [3.63, 3.8) is 0 Å². The second kappa shape index (κ2) is 3.34. The van der Waals surface area contributed by atoms with Gasteiger partial charge in [0.1, 0.15) is 11.6 Å². The molecule has 0 fully saturated rings. The predicted octanol–water partition coefficient (Wildman–Crippen LogP) is 1.81. The summed E-state index contributed by atoms with van der Waals surface area (Å²) in [6.45, 7) is 3.63. The van der Waals surface area contributed by atoms with Gasteiger partial charge < -0.3 is 10.8 Å². The Labute approximate surface area is 77.2 Å². The zero-order valence-corrected chi connectivity index (χ0v) is 7.84. The van der Waals surface area contributed by atoms with Crippen LogP contribution in [0.25, 0.3) is 0 Å². The first-order valence-electron chi connectivity index (χ1n) is 4.15. The molecule has 0 aliphatic carbocycles. The van der Waals surface area contributed by atoms with E-state index < -0.39 is 5.54 Å². The monoisotopic (exact) mass is 183 g/mol. The van der Waals surface area contributed by atoms with Gasteiger partial charge in [-0.05, 0) is 44.0 Å². The molecule has 0 unspecified atom stereocenters. The predicted molar refractivity (Wildman–Crippen MR) is 50.0 cm³/mol. The molecule has 2 nitrogen and oxygen atoms in total. The van der Waals surface area contributed by atoms with Crippen molar-refractivity contribution in [3.05, 3.63) is 29.6 Å². The lowest BCUT2D eigenvalue weighted by Gasteiger charge is -2.18. The zero-order valence-electron chi connectivity index (χ0n) is 7.84. The molecular weight excluding hydrogens is 169 g/mol. The highest BCUT2D eigenvalue weighted by atomic mass is 19.1. The third-order valence-corrected chi connectivity index (χ3v) is 1.68. The Morgan fingerprint density at radius 1 is 1.46 bits per heavy atom. The van der Waals surface area contributed by atoms with E-state index in [-0.39, 0.29) is 11.6 Å². The zero-order chi connectivity index (χ0) is 10.1. The Balaban J connectivity index is 2.94. The van der Waals surface area contributed by atoms with Gasteiger partial charge in [-0.25, -0.2) is 4.39 Å². The summed E-state index contributed by atoms with van der Waals surface area (Å²) in [4.78, 5) is 0. The van der Waals surface area contributed by atoms with Gasteiger partial charge in [-0.2, -0.15) is 0 Å². The van der Waals surface area contributed by atoms with E-state index in [1.807, 2.05) is 13.8 Å². The van der Waals surface area contributed by atoms with E-state index in [0.717, 1.165) is 0 Å². The minimum Gasteiger partial charge on any atom is -0.508 e. The molecule has 1 aromatic rings. The topological polar surface area (TPSA) is 46.2 Å². The van der Waals surface area contributed by atoms with Gasteiger partial charge in [-0.1, -0.05) is 0 Å². The number of benzene rings is 1. The fourth-order valence-corrected chi connectivity index (χ4v) is 1.19. The fourth-order valence-electron chi connectivity index (χ4n) is 1.19. The molecule has 0 aliphatic heterocycles. The van der Waals surface area contributed by atoms with Crippen LogP contribution in [0.2, 0.25) is 0 Å². The maximum atomic E-state index is 13.1. The number of hydrogen-bond donors (Lipinski definition) is 2. The summed E-state index contributed by atoms with van der Waals surface area (Å²) in [6, 6.07) is 3.97. The van der Waals surface area contributed by atoms with Crippen molar-refractivity contribution in [2.24, 2.45) is 5.73 Å². The first kappa shape index (κ1) is 9.99. The minimum atomic E-state index is -0.464. The van der Waals surface area contributed by atoms with Crippen LogP contribution in [0.4, 0.5) is 4.39 Å². The highest BCUT2D eigenvalue weighted by Gasteiger charge is 2.14. The Hall–Kier alpha value is -1.09. The standard InChI is InChI=1S/C10H14FNO/c1-10(2,12)6-7-5-8(13)3-4-9(7)11/h3-5,13H,6,12H2,1-2H3. The maximum absolute atomic E-state index is 13.1. The number of rotatable bonds is 2. The van der Waals surface area contributed by atoms with Crippen molar-refractivity contribution in [1.82, 2.24) is 0 Å². The highest BCUT2D eigenvalue weighted by molar-refractivity contribution is 5.29. The van der Waals surface area contributed by atoms with E-state index in [1.54, 1.807) is 0 Å². The van der Waals surface area contributed by atoms with E-state index in [0.29, 0.717) is 12.0 Å². The van der Waals surface area contributed by atoms with Crippen molar-refractivity contribution < 1.29 is 9.50 Å². The van der Waals surface area contributed by atoms with E-state index >= 15 is 0 Å². The van der Waals surface area contributed by atoms with Crippen molar-refractivity contribution in [3.8, 4) is 5.75 Å². The Morgan fingerprint density at radius 3 is 2.62 bits per heavy atom. The Kier molecular flexibility index (Phi) is 2.57. The van der Waals surface area contributed by atoms with E-state index in [2.05, 4.69) is 0 Å². The molecule has 0 aromatic heterocycles. The second-order valence-corrected chi connectivity index (χ2v) is 3.94. The molecule has 0 heterocycles. The molecule has 0 spiro atoms. The van der Waals surface area contributed by atoms with Crippen molar-refractivity contribution in [1.29, 1.82) is 0 Å². The largest absolute Gasteiger partial charge is 0.508 e. The molecule has 1 rings (SSSR count). The number of phenolic OH excluding ortho intramolecular Hbond substituents is 1. The first-order chi connectivity index (χ1) is 5.88. The van der Waals surface area contributed by atoms with Gasteiger partial charge in [0.05, 0.1) is 0 Å². The molecule has 0 amide bonds. The maximum Gasteiger partial charge on any atom is 0.126 e. The summed E-state index contributed by atoms with van der Waals surface area (Å²) >= 11 is 0. The smallest absolute Gasteiger partial charge is 0.126 e. The average molecular weight is 183 g/mol. The number of aromatic hydroxyl groups is 1. The van der Waals surface area contributed by atoms with Gasteiger partial charge >= 0.3 is 0 Å². The molecule has 13 heavy (non-hydrogen) atoms. The highest BCUT2D eigenvalue weighted by Crippen LogP contribution is 2.19. The van der Waals surface area contributed by atoms with Crippen LogP contribution in [0.3, 0.4) is 0 Å². The fraction of sp³-hybridized carbons (Fsp3) is 0.400. The van der Waals surface area contributed by atoms with Gasteiger partial charge in [0.25, 0.3) is 0 Å². The summed E-state index contributed by atoms with van der Waals surface area (Å²) in [5, 5.41) is 9.13. The first-order valence-corrected chi connectivity index (χ1v) is 4.15. The molecule has 0 aliphatic rings. The molecule has 0 bridgehead atoms. The van der Waals surface area contributed by atoms with E-state index in [9.17, 15) is 4.39 Å². The second-order valence-electron chi connectivity index (χ2n) is 3.94. The van der Waals surface area contributed by atoms with Gasteiger partial charge in [0.15, 0.2) is 0 Å². The van der Waals surface area contributed by atoms with E-state index in [4.69, 9.17) is 10.8 Å². The van der Waals surface area contributed by atoms with Crippen LogP contribution in [0.1, 0.15) is 19.4 Å². The summed E-state index contributed by atoms with van der Waals surface area (Å²) in [5.41, 5.74) is 5.73. The van der Waals surface area contributed by atoms with Gasteiger partial charge in [0.2, 0.25) is 0 Å². The number of hydrogen-bond acceptors (Lipinski definition) is 2. The molecule has 3 N–H and O–H groups in total. The summed E-state index contributed by atoms with van der Waals surface area (Å²) in [5.74, 6) is -0.253. The van der Waals surface area contributed by atoms with Crippen molar-refractivity contribution in [2.75, 3.05) is 0 Å². The lowest BCUT2D eigenvalue weighted by molar-refractivity contribution is 0.464. The molecule has 0 radical (unpaired) electrons. The lowest BCUT2D eigenvalue weighted by Crippen LogP contribution is -2.34. The van der Waals surface area contributed by atoms with Gasteiger partial charge in [-0.3, -0.25) is 0 Å². The normalized spacial score (nSPS) is 11.7. The summed E-state index contributed by atoms with van der Waals surface area (Å²) in [6.07, 6.45) is 0.410. The Bertz CT molecular complexity index is 304. The molecular formula is C10H14FNO. The summed E-state index contributed by atoms with van der Waals surface area (Å²) < 4.78 is 13.1. The molecule has 72 valence electrons. The average Bonchev–Trinajstić information content (AvgIpc) is 1.94. The summed E-state index contributed by atoms with van der Waals surface area (Å²) in [7, 11) is 0. The van der Waals surface area contributed by atoms with Crippen LogP contribution < -0.4 is 5.73 Å². The van der Waals surface area contributed by atoms with Crippen LogP contribution in [0, 0.1) is 5.82 Å². The third kappa shape index (κ3) is 3.03. The Morgan fingerprint density at radius 2 is 2.08 bits per heavy atom. The lowest BCUT2D eigenvalue weighted by atomic mass is 9.96. The third-order valence-electron chi connectivity index (χ3n) is 1.68. The minimum absolute atomic E-state index is 0.0700.